The highest BCUT2D eigenvalue weighted by atomic mass is 19.1. The molecule has 0 radical (unpaired) electrons. The van der Waals surface area contributed by atoms with Crippen molar-refractivity contribution in [1.29, 1.82) is 0 Å². The average molecular weight is 609 g/mol. The summed E-state index contributed by atoms with van der Waals surface area (Å²) in [4.78, 5) is 53.5. The Morgan fingerprint density at radius 3 is 2.51 bits per heavy atom. The molecule has 2 aromatic carbocycles. The third kappa shape index (κ3) is 5.81. The lowest BCUT2D eigenvalue weighted by atomic mass is 10.0. The van der Waals surface area contributed by atoms with Crippen LogP contribution in [0.1, 0.15) is 35.1 Å². The molecule has 1 saturated heterocycles. The molecule has 9 nitrogen and oxygen atoms in total. The van der Waals surface area contributed by atoms with Gasteiger partial charge in [-0.25, -0.2) is 18.7 Å². The van der Waals surface area contributed by atoms with E-state index in [0.717, 1.165) is 16.7 Å². The first-order chi connectivity index (χ1) is 21.6. The summed E-state index contributed by atoms with van der Waals surface area (Å²) in [7, 11) is 0. The topological polar surface area (TPSA) is 110 Å². The molecule has 3 aromatic heterocycles. The van der Waals surface area contributed by atoms with E-state index in [2.05, 4.69) is 20.3 Å². The number of pyridine rings is 1. The van der Waals surface area contributed by atoms with Gasteiger partial charge in [-0.2, -0.15) is 0 Å². The van der Waals surface area contributed by atoms with Gasteiger partial charge in [-0.3, -0.25) is 19.4 Å². The normalized spacial score (nSPS) is 16.2. The van der Waals surface area contributed by atoms with Crippen molar-refractivity contribution in [2.45, 2.75) is 46.0 Å². The summed E-state index contributed by atoms with van der Waals surface area (Å²) >= 11 is 0. The summed E-state index contributed by atoms with van der Waals surface area (Å²) in [5, 5.41) is 3.21. The first-order valence-electron chi connectivity index (χ1n) is 14.5. The van der Waals surface area contributed by atoms with Gasteiger partial charge < -0.3 is 14.8 Å². The van der Waals surface area contributed by atoms with Gasteiger partial charge in [0.1, 0.15) is 24.6 Å². The Kier molecular flexibility index (Phi) is 7.92. The molecule has 2 amide bonds. The SMILES string of the molecule is CC(=O)c1cn(CC(=O)N2C[C@H](F)C[C@H]2C(=O)Nc2cccc(-c3ncccc3C)c2F)c2ccc(-c3cnc(C)nc3)cc12. The van der Waals surface area contributed by atoms with Crippen LogP contribution >= 0.6 is 0 Å². The summed E-state index contributed by atoms with van der Waals surface area (Å²) in [5.74, 6) is -1.42. The Balaban J connectivity index is 1.25. The van der Waals surface area contributed by atoms with Crippen molar-refractivity contribution in [3.8, 4) is 22.4 Å². The molecule has 1 aliphatic rings. The first kappa shape index (κ1) is 29.7. The van der Waals surface area contributed by atoms with E-state index in [-0.39, 0.29) is 36.5 Å². The van der Waals surface area contributed by atoms with Crippen LogP contribution in [0.5, 0.6) is 0 Å². The number of aryl methyl sites for hydroxylation is 2. The molecule has 5 aromatic rings. The van der Waals surface area contributed by atoms with Crippen LogP contribution in [0.4, 0.5) is 14.5 Å². The molecule has 0 aliphatic carbocycles. The summed E-state index contributed by atoms with van der Waals surface area (Å²) in [6.45, 7) is 4.54. The third-order valence-corrected chi connectivity index (χ3v) is 8.07. The zero-order valence-corrected chi connectivity index (χ0v) is 24.9. The number of nitrogens with one attached hydrogen (secondary N) is 1. The largest absolute Gasteiger partial charge is 0.337 e. The number of carbonyl (C=O) groups excluding carboxylic acids is 3. The van der Waals surface area contributed by atoms with Crippen molar-refractivity contribution in [2.24, 2.45) is 0 Å². The quantitative estimate of drug-likeness (QED) is 0.238. The van der Waals surface area contributed by atoms with Crippen molar-refractivity contribution < 1.29 is 23.2 Å². The van der Waals surface area contributed by atoms with E-state index in [1.807, 2.05) is 25.1 Å². The smallest absolute Gasteiger partial charge is 0.247 e. The van der Waals surface area contributed by atoms with Crippen molar-refractivity contribution in [2.75, 3.05) is 11.9 Å². The fraction of sp³-hybridized carbons (Fsp3) is 0.235. The zero-order valence-electron chi connectivity index (χ0n) is 24.9. The fourth-order valence-corrected chi connectivity index (χ4v) is 5.77. The minimum Gasteiger partial charge on any atom is -0.337 e. The van der Waals surface area contributed by atoms with Gasteiger partial charge in [-0.05, 0) is 62.2 Å². The minimum absolute atomic E-state index is 0.0884. The van der Waals surface area contributed by atoms with E-state index in [9.17, 15) is 18.8 Å². The van der Waals surface area contributed by atoms with Crippen LogP contribution in [0.2, 0.25) is 0 Å². The van der Waals surface area contributed by atoms with Gasteiger partial charge in [-0.15, -0.1) is 0 Å². The van der Waals surface area contributed by atoms with Gasteiger partial charge in [0.15, 0.2) is 11.6 Å². The molecular weight excluding hydrogens is 578 g/mol. The lowest BCUT2D eigenvalue weighted by molar-refractivity contribution is -0.137. The highest BCUT2D eigenvalue weighted by Crippen LogP contribution is 2.31. The number of halogens is 2. The fourth-order valence-electron chi connectivity index (χ4n) is 5.77. The number of aromatic nitrogens is 4. The van der Waals surface area contributed by atoms with Gasteiger partial charge in [0.25, 0.3) is 0 Å². The van der Waals surface area contributed by atoms with Crippen molar-refractivity contribution in [3.63, 3.8) is 0 Å². The number of fused-ring (bicyclic) bond motifs is 1. The van der Waals surface area contributed by atoms with E-state index in [4.69, 9.17) is 0 Å². The second kappa shape index (κ2) is 12.0. The summed E-state index contributed by atoms with van der Waals surface area (Å²) < 4.78 is 31.9. The van der Waals surface area contributed by atoms with Crippen molar-refractivity contribution in [3.05, 3.63) is 96.1 Å². The monoisotopic (exact) mass is 608 g/mol. The second-order valence-electron chi connectivity index (χ2n) is 11.2. The molecule has 0 saturated carbocycles. The predicted octanol–water partition coefficient (Wildman–Crippen LogP) is 5.70. The van der Waals surface area contributed by atoms with E-state index >= 15 is 4.39 Å². The van der Waals surface area contributed by atoms with E-state index in [0.29, 0.717) is 28.0 Å². The standard InChI is InChI=1S/C34H30F2N6O3/c1-19-6-5-11-37-33(19)25-7-4-8-28(32(25)36)40-34(45)30-13-24(35)16-42(30)31(44)18-41-17-27(20(2)43)26-12-22(9-10-29(26)41)23-14-38-21(3)39-15-23/h4-12,14-15,17,24,30H,13,16,18H2,1-3H3,(H,40,45)/t24-,30+/m1/s1. The van der Waals surface area contributed by atoms with Crippen LogP contribution in [0.25, 0.3) is 33.3 Å². The molecule has 1 aliphatic heterocycles. The van der Waals surface area contributed by atoms with Crippen LogP contribution in [0.3, 0.4) is 0 Å². The van der Waals surface area contributed by atoms with Crippen LogP contribution in [-0.2, 0) is 16.1 Å². The number of nitrogens with zero attached hydrogens (tertiary/aromatic N) is 5. The summed E-state index contributed by atoms with van der Waals surface area (Å²) in [6.07, 6.45) is 4.91. The number of rotatable bonds is 7. The number of carbonyl (C=O) groups is 3. The molecule has 0 bridgehead atoms. The van der Waals surface area contributed by atoms with E-state index < -0.39 is 29.8 Å². The van der Waals surface area contributed by atoms with E-state index in [1.165, 1.54) is 17.9 Å². The molecule has 228 valence electrons. The molecule has 6 rings (SSSR count). The number of anilines is 1. The summed E-state index contributed by atoms with van der Waals surface area (Å²) in [5.41, 5.74) is 3.96. The minimum atomic E-state index is -1.43. The lowest BCUT2D eigenvalue weighted by Gasteiger charge is -2.24. The number of likely N-dealkylation sites (tertiary alicyclic amines) is 1. The number of benzene rings is 2. The Labute approximate surface area is 257 Å². The molecule has 0 unspecified atom stereocenters. The Bertz CT molecular complexity index is 1960. The molecular formula is C34H30F2N6O3. The van der Waals surface area contributed by atoms with Gasteiger partial charge in [0.05, 0.1) is 17.9 Å². The maximum atomic E-state index is 15.5. The van der Waals surface area contributed by atoms with Gasteiger partial charge in [0.2, 0.25) is 11.8 Å². The Morgan fingerprint density at radius 1 is 1.00 bits per heavy atom. The van der Waals surface area contributed by atoms with Crippen molar-refractivity contribution >= 4 is 34.2 Å². The van der Waals surface area contributed by atoms with Crippen LogP contribution < -0.4 is 5.32 Å². The molecule has 2 atom stereocenters. The lowest BCUT2D eigenvalue weighted by Crippen LogP contribution is -2.44. The highest BCUT2D eigenvalue weighted by Gasteiger charge is 2.40. The molecule has 1 fully saturated rings. The van der Waals surface area contributed by atoms with Crippen LogP contribution in [0.15, 0.2) is 73.3 Å². The summed E-state index contributed by atoms with van der Waals surface area (Å²) in [6, 6.07) is 12.5. The number of Topliss-reactive ketones (excluding diaryl/α,β-unsaturated/α-hetero) is 1. The maximum Gasteiger partial charge on any atom is 0.247 e. The highest BCUT2D eigenvalue weighted by molar-refractivity contribution is 6.08. The molecule has 11 heteroatoms. The van der Waals surface area contributed by atoms with Gasteiger partial charge in [-0.1, -0.05) is 18.2 Å². The number of amides is 2. The Hall–Kier alpha value is -5.32. The third-order valence-electron chi connectivity index (χ3n) is 8.07. The number of hydrogen-bond donors (Lipinski definition) is 1. The van der Waals surface area contributed by atoms with Crippen molar-refractivity contribution in [1.82, 2.24) is 24.4 Å². The molecule has 45 heavy (non-hydrogen) atoms. The van der Waals surface area contributed by atoms with Crippen LogP contribution in [-0.4, -0.2) is 60.8 Å². The molecule has 1 N–H and O–H groups in total. The Morgan fingerprint density at radius 2 is 1.78 bits per heavy atom. The van der Waals surface area contributed by atoms with Gasteiger partial charge >= 0.3 is 0 Å². The first-order valence-corrected chi connectivity index (χ1v) is 14.5. The number of ketones is 1. The number of alkyl halides is 1. The zero-order chi connectivity index (χ0) is 31.8. The second-order valence-corrected chi connectivity index (χ2v) is 11.2. The maximum absolute atomic E-state index is 15.5. The van der Waals surface area contributed by atoms with E-state index in [1.54, 1.807) is 60.5 Å². The average Bonchev–Trinajstić information content (AvgIpc) is 3.59. The predicted molar refractivity (Wildman–Crippen MR) is 166 cm³/mol. The van der Waals surface area contributed by atoms with Gasteiger partial charge in [0, 0.05) is 58.8 Å². The van der Waals surface area contributed by atoms with Crippen LogP contribution in [0, 0.1) is 19.7 Å². The molecule has 0 spiro atoms. The molecule has 4 heterocycles. The number of hydrogen-bond acceptors (Lipinski definition) is 6.